The van der Waals surface area contributed by atoms with E-state index in [0.717, 1.165) is 11.1 Å². The van der Waals surface area contributed by atoms with Crippen LogP contribution in [0.3, 0.4) is 0 Å². The van der Waals surface area contributed by atoms with E-state index < -0.39 is 12.0 Å². The van der Waals surface area contributed by atoms with E-state index in [1.54, 1.807) is 0 Å². The van der Waals surface area contributed by atoms with E-state index in [-0.39, 0.29) is 0 Å². The maximum Gasteiger partial charge on any atom is 0.328 e. The number of aromatic nitrogens is 3. The Labute approximate surface area is 203 Å². The van der Waals surface area contributed by atoms with Gasteiger partial charge in [0.1, 0.15) is 30.5 Å². The number of nitrogens with one attached hydrogen (secondary N) is 1. The van der Waals surface area contributed by atoms with Gasteiger partial charge in [-0.15, -0.1) is 0 Å². The first-order valence-electron chi connectivity index (χ1n) is 10.3. The number of aliphatic imine (C=N–C) groups is 1. The van der Waals surface area contributed by atoms with Crippen LogP contribution in [-0.2, 0) is 4.79 Å². The molecule has 0 aliphatic carbocycles. The summed E-state index contributed by atoms with van der Waals surface area (Å²) in [5.41, 5.74) is 3.34. The molecule has 2 aromatic carbocycles. The Morgan fingerprint density at radius 3 is 2.91 bits per heavy atom. The third kappa shape index (κ3) is 4.37. The fraction of sp³-hybridized carbons (Fsp3) is 0.174. The van der Waals surface area contributed by atoms with Crippen LogP contribution >= 0.6 is 23.1 Å². The minimum absolute atomic E-state index is 0.431. The quantitative estimate of drug-likeness (QED) is 0.366. The average Bonchev–Trinajstić information content (AvgIpc) is 3.25. The number of carboxylic acid groups (broad SMARTS) is 1. The van der Waals surface area contributed by atoms with E-state index in [4.69, 9.17) is 26.2 Å². The fourth-order valence-electron chi connectivity index (χ4n) is 3.33. The Balaban J connectivity index is 1.45. The summed E-state index contributed by atoms with van der Waals surface area (Å²) in [4.78, 5) is 24.5. The summed E-state index contributed by atoms with van der Waals surface area (Å²) in [5, 5.41) is 12.8. The largest absolute Gasteiger partial charge is 0.486 e. The monoisotopic (exact) mass is 495 g/mol. The van der Waals surface area contributed by atoms with Crippen LogP contribution < -0.4 is 14.8 Å². The number of anilines is 2. The smallest absolute Gasteiger partial charge is 0.328 e. The number of benzene rings is 2. The summed E-state index contributed by atoms with van der Waals surface area (Å²) in [6, 6.07) is 10.5. The normalized spacial score (nSPS) is 13.8. The Kier molecular flexibility index (Phi) is 5.99. The van der Waals surface area contributed by atoms with Crippen molar-refractivity contribution < 1.29 is 19.4 Å². The molecule has 0 spiro atoms. The van der Waals surface area contributed by atoms with Gasteiger partial charge in [0.05, 0.1) is 16.9 Å². The number of halogens is 1. The van der Waals surface area contributed by atoms with Crippen LogP contribution in [0, 0.1) is 0 Å². The van der Waals surface area contributed by atoms with E-state index in [1.807, 2.05) is 36.4 Å². The van der Waals surface area contributed by atoms with Crippen molar-refractivity contribution in [3.63, 3.8) is 0 Å². The van der Waals surface area contributed by atoms with E-state index in [2.05, 4.69) is 24.7 Å². The topological polar surface area (TPSA) is 119 Å². The molecule has 1 aliphatic heterocycles. The highest BCUT2D eigenvalue weighted by atomic mass is 35.5. The summed E-state index contributed by atoms with van der Waals surface area (Å²) >= 11 is 7.96. The van der Waals surface area contributed by atoms with Gasteiger partial charge in [0.15, 0.2) is 22.1 Å². The molecule has 5 rings (SSSR count). The predicted molar refractivity (Wildman–Crippen MR) is 131 cm³/mol. The van der Waals surface area contributed by atoms with Crippen LogP contribution in [0.1, 0.15) is 12.6 Å². The van der Waals surface area contributed by atoms with Gasteiger partial charge in [-0.2, -0.15) is 4.37 Å². The molecule has 1 unspecified atom stereocenters. The van der Waals surface area contributed by atoms with Crippen LogP contribution in [-0.4, -0.2) is 50.9 Å². The minimum Gasteiger partial charge on any atom is -0.486 e. The van der Waals surface area contributed by atoms with E-state index >= 15 is 0 Å². The first kappa shape index (κ1) is 22.1. The molecule has 172 valence electrons. The van der Waals surface area contributed by atoms with Crippen LogP contribution in [0.5, 0.6) is 11.5 Å². The number of ether oxygens (including phenoxy) is 2. The first-order valence-corrected chi connectivity index (χ1v) is 11.5. The van der Waals surface area contributed by atoms with Crippen molar-refractivity contribution in [2.24, 2.45) is 4.99 Å². The van der Waals surface area contributed by atoms with Gasteiger partial charge < -0.3 is 19.9 Å². The number of rotatable bonds is 6. The van der Waals surface area contributed by atoms with Gasteiger partial charge >= 0.3 is 5.97 Å². The average molecular weight is 496 g/mol. The second kappa shape index (κ2) is 9.24. The Bertz CT molecular complexity index is 1420. The van der Waals surface area contributed by atoms with Crippen LogP contribution in [0.25, 0.3) is 21.5 Å². The molecule has 4 aromatic rings. The van der Waals surface area contributed by atoms with Crippen molar-refractivity contribution in [2.75, 3.05) is 18.5 Å². The molecule has 0 bridgehead atoms. The zero-order chi connectivity index (χ0) is 23.7. The van der Waals surface area contributed by atoms with Crippen molar-refractivity contribution in [1.82, 2.24) is 14.3 Å². The molecule has 1 atom stereocenters. The highest BCUT2D eigenvalue weighted by Crippen LogP contribution is 2.40. The Morgan fingerprint density at radius 1 is 1.26 bits per heavy atom. The maximum absolute atomic E-state index is 11.0. The molecule has 0 amide bonds. The number of fused-ring (bicyclic) bond motifs is 2. The van der Waals surface area contributed by atoms with Crippen molar-refractivity contribution >= 4 is 57.2 Å². The highest BCUT2D eigenvalue weighted by molar-refractivity contribution is 7.13. The Hall–Kier alpha value is -3.76. The zero-order valence-electron chi connectivity index (χ0n) is 17.9. The van der Waals surface area contributed by atoms with Crippen LogP contribution in [0.2, 0.25) is 5.02 Å². The number of hydrogen-bond acceptors (Lipinski definition) is 9. The minimum atomic E-state index is -1.02. The molecule has 9 nitrogen and oxygen atoms in total. The summed E-state index contributed by atoms with van der Waals surface area (Å²) < 4.78 is 15.7. The van der Waals surface area contributed by atoms with Gasteiger partial charge in [-0.3, -0.25) is 4.99 Å². The predicted octanol–water partition coefficient (Wildman–Crippen LogP) is 4.81. The van der Waals surface area contributed by atoms with Gasteiger partial charge in [-0.1, -0.05) is 29.8 Å². The van der Waals surface area contributed by atoms with Gasteiger partial charge in [0, 0.05) is 11.8 Å². The lowest BCUT2D eigenvalue weighted by molar-refractivity contribution is -0.137. The second-order valence-corrected chi connectivity index (χ2v) is 8.55. The van der Waals surface area contributed by atoms with E-state index in [1.165, 1.54) is 30.9 Å². The van der Waals surface area contributed by atoms with Gasteiger partial charge in [-0.25, -0.2) is 14.8 Å². The SMILES string of the molecule is CC(N=Cc1cnc2snc(Nc3cccc(-c4ccc5c(c4)OCCO5)c3Cl)c2n1)C(=O)O. The number of hydrogen-bond donors (Lipinski definition) is 2. The Morgan fingerprint density at radius 2 is 2.09 bits per heavy atom. The third-order valence-electron chi connectivity index (χ3n) is 5.10. The highest BCUT2D eigenvalue weighted by Gasteiger charge is 2.17. The lowest BCUT2D eigenvalue weighted by Gasteiger charge is -2.19. The number of aliphatic carboxylic acids is 1. The van der Waals surface area contributed by atoms with Crippen molar-refractivity contribution in [3.05, 3.63) is 53.3 Å². The third-order valence-corrected chi connectivity index (χ3v) is 6.25. The summed E-state index contributed by atoms with van der Waals surface area (Å²) in [6.45, 7) is 2.52. The molecular formula is C23H18ClN5O4S. The maximum atomic E-state index is 11.0. The molecule has 2 aromatic heterocycles. The lowest BCUT2D eigenvalue weighted by Crippen LogP contribution is -2.15. The molecule has 0 saturated heterocycles. The number of carboxylic acids is 1. The summed E-state index contributed by atoms with van der Waals surface area (Å²) in [7, 11) is 0. The van der Waals surface area contributed by atoms with Crippen LogP contribution in [0.15, 0.2) is 47.6 Å². The van der Waals surface area contributed by atoms with Gasteiger partial charge in [-0.05, 0) is 42.2 Å². The number of carbonyl (C=O) groups is 1. The summed E-state index contributed by atoms with van der Waals surface area (Å²) in [5.74, 6) is 0.878. The first-order chi connectivity index (χ1) is 16.5. The molecule has 2 N–H and O–H groups in total. The van der Waals surface area contributed by atoms with Crippen LogP contribution in [0.4, 0.5) is 11.5 Å². The molecular weight excluding hydrogens is 478 g/mol. The second-order valence-electron chi connectivity index (χ2n) is 7.42. The van der Waals surface area contributed by atoms with E-state index in [9.17, 15) is 4.79 Å². The molecule has 0 radical (unpaired) electrons. The molecule has 1 aliphatic rings. The van der Waals surface area contributed by atoms with Crippen molar-refractivity contribution in [1.29, 1.82) is 0 Å². The van der Waals surface area contributed by atoms with Crippen molar-refractivity contribution in [2.45, 2.75) is 13.0 Å². The van der Waals surface area contributed by atoms with Gasteiger partial charge in [0.25, 0.3) is 0 Å². The molecule has 3 heterocycles. The summed E-state index contributed by atoms with van der Waals surface area (Å²) in [6.07, 6.45) is 2.92. The molecule has 11 heteroatoms. The lowest BCUT2D eigenvalue weighted by atomic mass is 10.0. The molecule has 34 heavy (non-hydrogen) atoms. The van der Waals surface area contributed by atoms with Crippen molar-refractivity contribution in [3.8, 4) is 22.6 Å². The van der Waals surface area contributed by atoms with E-state index in [0.29, 0.717) is 57.3 Å². The molecule has 0 saturated carbocycles. The number of nitrogens with zero attached hydrogens (tertiary/aromatic N) is 4. The fourth-order valence-corrected chi connectivity index (χ4v) is 4.25. The van der Waals surface area contributed by atoms with Gasteiger partial charge in [0.2, 0.25) is 0 Å². The molecule has 0 fully saturated rings. The standard InChI is InChI=1S/C23H18ClN5O4S/c1-12(23(30)31)25-10-14-11-26-22-20(27-14)21(29-34-22)28-16-4-2-3-15(19(16)24)13-5-6-17-18(9-13)33-8-7-32-17/h2-6,9-12H,7-8H2,1H3,(H,28,29)(H,30,31). The zero-order valence-corrected chi connectivity index (χ0v) is 19.4.